The Kier molecular flexibility index (Phi) is 5.28. The second-order valence-electron chi connectivity index (χ2n) is 6.25. The molecule has 9 heteroatoms. The van der Waals surface area contributed by atoms with Gasteiger partial charge in [-0.05, 0) is 35.9 Å². The van der Waals surface area contributed by atoms with E-state index in [1.807, 2.05) is 30.3 Å². The average molecular weight is 425 g/mol. The number of thiazole rings is 1. The van der Waals surface area contributed by atoms with Crippen LogP contribution < -0.4 is 29.0 Å². The monoisotopic (exact) mass is 425 g/mol. The molecule has 2 aromatic carbocycles. The van der Waals surface area contributed by atoms with Crippen LogP contribution in [0.3, 0.4) is 0 Å². The maximum Gasteiger partial charge on any atom is 0.276 e. The van der Waals surface area contributed by atoms with Crippen LogP contribution in [0.25, 0.3) is 22.4 Å². The van der Waals surface area contributed by atoms with Crippen molar-refractivity contribution in [1.29, 1.82) is 0 Å². The van der Waals surface area contributed by atoms with Crippen molar-refractivity contribution in [3.63, 3.8) is 0 Å². The molecule has 2 aromatic heterocycles. The van der Waals surface area contributed by atoms with Crippen molar-refractivity contribution in [3.8, 4) is 34.4 Å². The molecule has 30 heavy (non-hydrogen) atoms. The summed E-state index contributed by atoms with van der Waals surface area (Å²) in [5.41, 5.74) is 1.28. The van der Waals surface area contributed by atoms with E-state index in [0.29, 0.717) is 38.1 Å². The zero-order valence-corrected chi connectivity index (χ0v) is 17.6. The van der Waals surface area contributed by atoms with E-state index in [0.717, 1.165) is 11.3 Å². The molecule has 0 fully saturated rings. The van der Waals surface area contributed by atoms with Gasteiger partial charge >= 0.3 is 0 Å². The Morgan fingerprint density at radius 3 is 2.30 bits per heavy atom. The Hall–Kier alpha value is -3.59. The third-order valence-electron chi connectivity index (χ3n) is 4.56. The fraction of sp³-hybridized carbons (Fsp3) is 0.190. The van der Waals surface area contributed by atoms with Crippen LogP contribution in [0, 0.1) is 0 Å². The van der Waals surface area contributed by atoms with E-state index in [9.17, 15) is 4.79 Å². The van der Waals surface area contributed by atoms with Gasteiger partial charge in [0.05, 0.1) is 33.0 Å². The van der Waals surface area contributed by atoms with Crippen LogP contribution in [0.1, 0.15) is 5.56 Å². The van der Waals surface area contributed by atoms with Gasteiger partial charge in [-0.1, -0.05) is 23.5 Å². The van der Waals surface area contributed by atoms with Gasteiger partial charge in [0.15, 0.2) is 17.3 Å². The molecule has 154 valence electrons. The number of benzene rings is 2. The van der Waals surface area contributed by atoms with Crippen molar-refractivity contribution in [1.82, 2.24) is 14.6 Å². The average Bonchev–Trinajstić information content (AvgIpc) is 3.33. The van der Waals surface area contributed by atoms with E-state index in [-0.39, 0.29) is 5.56 Å². The van der Waals surface area contributed by atoms with Crippen LogP contribution in [0.5, 0.6) is 23.0 Å². The zero-order chi connectivity index (χ0) is 21.3. The van der Waals surface area contributed by atoms with Gasteiger partial charge in [0.1, 0.15) is 5.75 Å². The Morgan fingerprint density at radius 2 is 1.67 bits per heavy atom. The molecule has 0 saturated carbocycles. The molecule has 0 radical (unpaired) electrons. The molecule has 0 saturated heterocycles. The number of ether oxygens (including phenoxy) is 4. The molecule has 0 aliphatic carbocycles. The maximum absolute atomic E-state index is 13.1. The molecule has 0 amide bonds. The van der Waals surface area contributed by atoms with Crippen molar-refractivity contribution in [2.75, 3.05) is 28.4 Å². The first-order valence-electron chi connectivity index (χ1n) is 8.93. The third kappa shape index (κ3) is 3.33. The highest BCUT2D eigenvalue weighted by Gasteiger charge is 2.19. The lowest BCUT2D eigenvalue weighted by Gasteiger charge is -2.13. The van der Waals surface area contributed by atoms with E-state index in [2.05, 4.69) is 10.2 Å². The molecule has 0 spiro atoms. The summed E-state index contributed by atoms with van der Waals surface area (Å²) in [7, 11) is 6.20. The molecule has 0 atom stereocenters. The maximum atomic E-state index is 13.1. The number of fused-ring (bicyclic) bond motifs is 1. The summed E-state index contributed by atoms with van der Waals surface area (Å²) < 4.78 is 23.5. The van der Waals surface area contributed by atoms with Gasteiger partial charge in [-0.25, -0.2) is 4.40 Å². The molecule has 4 rings (SSSR count). The van der Waals surface area contributed by atoms with Crippen molar-refractivity contribution in [2.45, 2.75) is 0 Å². The van der Waals surface area contributed by atoms with Crippen LogP contribution in [-0.4, -0.2) is 43.0 Å². The Bertz CT molecular complexity index is 1300. The van der Waals surface area contributed by atoms with Crippen LogP contribution >= 0.6 is 11.3 Å². The van der Waals surface area contributed by atoms with Crippen molar-refractivity contribution < 1.29 is 18.9 Å². The van der Waals surface area contributed by atoms with E-state index in [1.54, 1.807) is 19.2 Å². The summed E-state index contributed by atoms with van der Waals surface area (Å²) in [6.45, 7) is 0. The SMILES string of the molecule is COc1cccc(C=c2sc3nnc(-c4cc(OC)c(OC)c(OC)c4)n3c2=O)c1. The van der Waals surface area contributed by atoms with Gasteiger partial charge in [-0.3, -0.25) is 4.79 Å². The molecule has 4 aromatic rings. The van der Waals surface area contributed by atoms with E-state index < -0.39 is 0 Å². The fourth-order valence-corrected chi connectivity index (χ4v) is 4.05. The summed E-state index contributed by atoms with van der Waals surface area (Å²) in [5.74, 6) is 2.52. The second kappa shape index (κ2) is 8.03. The molecule has 2 heterocycles. The highest BCUT2D eigenvalue weighted by molar-refractivity contribution is 7.15. The minimum atomic E-state index is -0.202. The molecular weight excluding hydrogens is 406 g/mol. The van der Waals surface area contributed by atoms with E-state index in [1.165, 1.54) is 37.1 Å². The number of hydrogen-bond donors (Lipinski definition) is 0. The first kappa shape index (κ1) is 19.7. The lowest BCUT2D eigenvalue weighted by molar-refractivity contribution is 0.324. The molecule has 8 nitrogen and oxygen atoms in total. The van der Waals surface area contributed by atoms with Crippen LogP contribution in [-0.2, 0) is 0 Å². The molecule has 0 N–H and O–H groups in total. The smallest absolute Gasteiger partial charge is 0.276 e. The summed E-state index contributed by atoms with van der Waals surface area (Å²) >= 11 is 1.27. The predicted octanol–water partition coefficient (Wildman–Crippen LogP) is 2.40. The van der Waals surface area contributed by atoms with Gasteiger partial charge < -0.3 is 18.9 Å². The largest absolute Gasteiger partial charge is 0.497 e. The lowest BCUT2D eigenvalue weighted by atomic mass is 10.1. The zero-order valence-electron chi connectivity index (χ0n) is 16.8. The number of aromatic nitrogens is 3. The van der Waals surface area contributed by atoms with Gasteiger partial charge in [-0.15, -0.1) is 10.2 Å². The first-order chi connectivity index (χ1) is 14.6. The second-order valence-corrected chi connectivity index (χ2v) is 7.26. The number of methoxy groups -OCH3 is 4. The van der Waals surface area contributed by atoms with Crippen molar-refractivity contribution >= 4 is 22.4 Å². The Morgan fingerprint density at radius 1 is 0.933 bits per heavy atom. The van der Waals surface area contributed by atoms with Crippen molar-refractivity contribution in [2.24, 2.45) is 0 Å². The van der Waals surface area contributed by atoms with Gasteiger partial charge in [0.2, 0.25) is 10.7 Å². The summed E-state index contributed by atoms with van der Waals surface area (Å²) in [4.78, 5) is 13.6. The summed E-state index contributed by atoms with van der Waals surface area (Å²) in [6.07, 6.45) is 1.81. The lowest BCUT2D eigenvalue weighted by Crippen LogP contribution is -2.23. The minimum Gasteiger partial charge on any atom is -0.497 e. The van der Waals surface area contributed by atoms with Gasteiger partial charge in [0, 0.05) is 5.56 Å². The molecule has 0 bridgehead atoms. The van der Waals surface area contributed by atoms with Crippen LogP contribution in [0.15, 0.2) is 41.2 Å². The Labute approximate surface area is 175 Å². The number of rotatable bonds is 6. The van der Waals surface area contributed by atoms with Gasteiger partial charge in [-0.2, -0.15) is 0 Å². The molecular formula is C21H19N3O5S. The van der Waals surface area contributed by atoms with Crippen molar-refractivity contribution in [3.05, 3.63) is 56.8 Å². The third-order valence-corrected chi connectivity index (χ3v) is 5.52. The fourth-order valence-electron chi connectivity index (χ4n) is 3.14. The Balaban J connectivity index is 1.89. The highest BCUT2D eigenvalue weighted by atomic mass is 32.1. The standard InChI is InChI=1S/C21H19N3O5S/c1-26-14-7-5-6-12(8-14)9-17-20(25)24-19(22-23-21(24)30-17)13-10-15(27-2)18(29-4)16(11-13)28-3/h5-11H,1-4H3. The predicted molar refractivity (Wildman–Crippen MR) is 114 cm³/mol. The highest BCUT2D eigenvalue weighted by Crippen LogP contribution is 2.40. The summed E-state index contributed by atoms with van der Waals surface area (Å²) in [5, 5.41) is 8.39. The van der Waals surface area contributed by atoms with Crippen LogP contribution in [0.2, 0.25) is 0 Å². The van der Waals surface area contributed by atoms with Crippen LogP contribution in [0.4, 0.5) is 0 Å². The quantitative estimate of drug-likeness (QED) is 0.469. The molecule has 0 aliphatic rings. The molecule has 0 aliphatic heterocycles. The summed E-state index contributed by atoms with van der Waals surface area (Å²) in [6, 6.07) is 11.0. The minimum absolute atomic E-state index is 0.202. The normalized spacial score (nSPS) is 11.7. The van der Waals surface area contributed by atoms with E-state index >= 15 is 0 Å². The number of nitrogens with zero attached hydrogens (tertiary/aromatic N) is 3. The number of hydrogen-bond acceptors (Lipinski definition) is 8. The molecule has 0 unspecified atom stereocenters. The topological polar surface area (TPSA) is 84.2 Å². The van der Waals surface area contributed by atoms with E-state index in [4.69, 9.17) is 18.9 Å². The first-order valence-corrected chi connectivity index (χ1v) is 9.75. The van der Waals surface area contributed by atoms with Gasteiger partial charge in [0.25, 0.3) is 5.56 Å².